The van der Waals surface area contributed by atoms with Gasteiger partial charge in [-0.3, -0.25) is 9.59 Å². The summed E-state index contributed by atoms with van der Waals surface area (Å²) in [6.07, 6.45) is -4.22. The van der Waals surface area contributed by atoms with E-state index in [0.29, 0.717) is 4.57 Å². The molecule has 152 valence electrons. The van der Waals surface area contributed by atoms with Crippen molar-refractivity contribution in [2.75, 3.05) is 6.61 Å². The van der Waals surface area contributed by atoms with Crippen molar-refractivity contribution in [1.29, 1.82) is 0 Å². The molecule has 1 heterocycles. The van der Waals surface area contributed by atoms with Crippen LogP contribution < -0.4 is 0 Å². The van der Waals surface area contributed by atoms with Gasteiger partial charge in [-0.25, -0.2) is 4.98 Å². The normalized spacial score (nSPS) is 12.4. The third kappa shape index (κ3) is 3.46. The van der Waals surface area contributed by atoms with Crippen LogP contribution in [0.1, 0.15) is 38.7 Å². The second-order valence-corrected chi connectivity index (χ2v) is 5.91. The summed E-state index contributed by atoms with van der Waals surface area (Å²) in [7, 11) is 0. The van der Waals surface area contributed by atoms with Gasteiger partial charge in [0.15, 0.2) is 35.1 Å². The highest BCUT2D eigenvalue weighted by atomic mass is 35.5. The number of rotatable bonds is 7. The Labute approximate surface area is 160 Å². The fourth-order valence-electron chi connectivity index (χ4n) is 2.41. The summed E-state index contributed by atoms with van der Waals surface area (Å²) in [5.74, 6) is -5.90. The van der Waals surface area contributed by atoms with Crippen LogP contribution in [0.5, 0.6) is 23.0 Å². The predicted molar refractivity (Wildman–Crippen MR) is 89.4 cm³/mol. The van der Waals surface area contributed by atoms with Crippen molar-refractivity contribution in [2.45, 2.75) is 18.9 Å². The van der Waals surface area contributed by atoms with Crippen LogP contribution >= 0.6 is 11.6 Å². The zero-order valence-corrected chi connectivity index (χ0v) is 14.6. The number of aromatic hydroxyl groups is 4. The van der Waals surface area contributed by atoms with E-state index in [4.69, 9.17) is 16.7 Å². The number of carbonyl (C=O) groups is 2. The van der Waals surface area contributed by atoms with Crippen molar-refractivity contribution in [3.05, 3.63) is 27.8 Å². The molecule has 0 aliphatic rings. The highest BCUT2D eigenvalue weighted by Crippen LogP contribution is 2.49. The molecule has 1 aromatic heterocycles. The summed E-state index contributed by atoms with van der Waals surface area (Å²) >= 11 is 5.53. The lowest BCUT2D eigenvalue weighted by Gasteiger charge is -2.15. The molecule has 13 heteroatoms. The van der Waals surface area contributed by atoms with Crippen LogP contribution in [0.4, 0.5) is 0 Å². The van der Waals surface area contributed by atoms with Crippen LogP contribution in [-0.4, -0.2) is 75.2 Å². The highest BCUT2D eigenvalue weighted by molar-refractivity contribution is 6.34. The Kier molecular flexibility index (Phi) is 6.11. The van der Waals surface area contributed by atoms with Gasteiger partial charge in [-0.15, -0.1) is 0 Å². The average molecular weight is 419 g/mol. The molecule has 1 aromatic carbocycles. The molecule has 12 nitrogen and oxygen atoms in total. The first-order chi connectivity index (χ1) is 13.1. The topological polar surface area (TPSA) is 214 Å². The Balaban J connectivity index is 2.72. The SMILES string of the molecule is O=Cc1c(C(=O)C(O)CO)nc(C(O)O)n1Cc1c(O)c(O)c(Cl)c(O)c1O. The average Bonchev–Trinajstić information content (AvgIpc) is 3.05. The van der Waals surface area contributed by atoms with Crippen LogP contribution in [0, 0.1) is 0 Å². The summed E-state index contributed by atoms with van der Waals surface area (Å²) < 4.78 is 0.677. The number of aliphatic hydroxyl groups is 4. The van der Waals surface area contributed by atoms with Crippen molar-refractivity contribution >= 4 is 23.7 Å². The minimum atomic E-state index is -2.34. The molecular formula is C15H15ClN2O10. The third-order valence-corrected chi connectivity index (χ3v) is 4.20. The zero-order valence-electron chi connectivity index (χ0n) is 13.8. The molecule has 0 amide bonds. The number of nitrogens with zero attached hydrogens (tertiary/aromatic N) is 2. The smallest absolute Gasteiger partial charge is 0.214 e. The summed E-state index contributed by atoms with van der Waals surface area (Å²) in [4.78, 5) is 27.1. The molecule has 8 N–H and O–H groups in total. The number of ketones is 1. The molecular weight excluding hydrogens is 404 g/mol. The maximum atomic E-state index is 12.1. The largest absolute Gasteiger partial charge is 0.504 e. The number of benzene rings is 1. The van der Waals surface area contributed by atoms with Crippen molar-refractivity contribution in [3.63, 3.8) is 0 Å². The molecule has 0 aliphatic heterocycles. The van der Waals surface area contributed by atoms with Gasteiger partial charge in [0.05, 0.1) is 18.7 Å². The summed E-state index contributed by atoms with van der Waals surface area (Å²) in [5.41, 5.74) is -1.92. The molecule has 0 radical (unpaired) electrons. The van der Waals surface area contributed by atoms with Gasteiger partial charge in [-0.2, -0.15) is 0 Å². The highest BCUT2D eigenvalue weighted by Gasteiger charge is 2.30. The van der Waals surface area contributed by atoms with Gasteiger partial charge in [0.25, 0.3) is 0 Å². The second kappa shape index (κ2) is 8.00. The molecule has 2 rings (SSSR count). The molecule has 28 heavy (non-hydrogen) atoms. The lowest BCUT2D eigenvalue weighted by atomic mass is 10.1. The molecule has 0 aliphatic carbocycles. The van der Waals surface area contributed by atoms with E-state index in [0.717, 1.165) is 0 Å². The molecule has 0 saturated heterocycles. The Bertz CT molecular complexity index is 911. The number of aromatic nitrogens is 2. The van der Waals surface area contributed by atoms with Gasteiger partial charge < -0.3 is 45.4 Å². The summed E-state index contributed by atoms with van der Waals surface area (Å²) in [6.45, 7) is -1.78. The number of aliphatic hydroxyl groups excluding tert-OH is 3. The monoisotopic (exact) mass is 418 g/mol. The Morgan fingerprint density at radius 1 is 1.07 bits per heavy atom. The molecule has 2 aromatic rings. The van der Waals surface area contributed by atoms with E-state index in [2.05, 4.69) is 4.98 Å². The first-order valence-electron chi connectivity index (χ1n) is 7.45. The standard InChI is InChI=1S/C15H15ClN2O10/c16-7-12(25)9(22)4(10(23)13(7)26)1-18-5(2-19)8(11(24)6(21)3-20)17-14(18)15(27)28/h2,6,15,20-23,25-28H,1,3H2. The fraction of sp³-hybridized carbons (Fsp3) is 0.267. The van der Waals surface area contributed by atoms with E-state index < -0.39 is 82.1 Å². The first-order valence-corrected chi connectivity index (χ1v) is 7.83. The molecule has 1 unspecified atom stereocenters. The number of hydrogen-bond acceptors (Lipinski definition) is 11. The van der Waals surface area contributed by atoms with Crippen LogP contribution in [0.25, 0.3) is 0 Å². The first kappa shape index (κ1) is 21.4. The van der Waals surface area contributed by atoms with E-state index in [1.165, 1.54) is 0 Å². The van der Waals surface area contributed by atoms with Crippen molar-refractivity contribution in [3.8, 4) is 23.0 Å². The maximum absolute atomic E-state index is 12.1. The molecule has 1 atom stereocenters. The van der Waals surface area contributed by atoms with Gasteiger partial charge in [0, 0.05) is 0 Å². The van der Waals surface area contributed by atoms with Crippen molar-refractivity contribution in [2.24, 2.45) is 0 Å². The Morgan fingerprint density at radius 2 is 1.61 bits per heavy atom. The minimum absolute atomic E-state index is 0.0694. The summed E-state index contributed by atoms with van der Waals surface area (Å²) in [5, 5.41) is 75.9. The molecule has 0 spiro atoms. The van der Waals surface area contributed by atoms with E-state index in [1.807, 2.05) is 0 Å². The predicted octanol–water partition coefficient (Wildman–Crippen LogP) is -1.26. The quantitative estimate of drug-likeness (QED) is 0.0872. The van der Waals surface area contributed by atoms with E-state index in [-0.39, 0.29) is 6.29 Å². The fourth-order valence-corrected chi connectivity index (χ4v) is 2.59. The number of carbonyl (C=O) groups excluding carboxylic acids is 2. The molecule has 0 saturated carbocycles. The second-order valence-electron chi connectivity index (χ2n) is 5.53. The number of phenols is 4. The zero-order chi connectivity index (χ0) is 21.3. The van der Waals surface area contributed by atoms with Gasteiger partial charge in [-0.05, 0) is 0 Å². The lowest BCUT2D eigenvalue weighted by molar-refractivity contribution is -0.0516. The van der Waals surface area contributed by atoms with Crippen molar-refractivity contribution in [1.82, 2.24) is 9.55 Å². The molecule has 0 bridgehead atoms. The van der Waals surface area contributed by atoms with Crippen LogP contribution in [-0.2, 0) is 6.54 Å². The number of imidazole rings is 1. The molecule has 0 fully saturated rings. The maximum Gasteiger partial charge on any atom is 0.214 e. The Morgan fingerprint density at radius 3 is 2.04 bits per heavy atom. The van der Waals surface area contributed by atoms with E-state index >= 15 is 0 Å². The number of hydrogen-bond donors (Lipinski definition) is 8. The van der Waals surface area contributed by atoms with Crippen LogP contribution in [0.3, 0.4) is 0 Å². The number of aldehydes is 1. The number of halogens is 1. The number of phenolic OH excluding ortho intramolecular Hbond substituents is 4. The van der Waals surface area contributed by atoms with E-state index in [1.54, 1.807) is 0 Å². The third-order valence-electron chi connectivity index (χ3n) is 3.84. The van der Waals surface area contributed by atoms with E-state index in [9.17, 15) is 45.3 Å². The summed E-state index contributed by atoms with van der Waals surface area (Å²) in [6, 6.07) is 0. The van der Waals surface area contributed by atoms with Gasteiger partial charge >= 0.3 is 0 Å². The minimum Gasteiger partial charge on any atom is -0.504 e. The lowest BCUT2D eigenvalue weighted by Crippen LogP contribution is -2.25. The van der Waals surface area contributed by atoms with Crippen molar-refractivity contribution < 1.29 is 50.4 Å². The van der Waals surface area contributed by atoms with Crippen LogP contribution in [0.2, 0.25) is 5.02 Å². The van der Waals surface area contributed by atoms with Gasteiger partial charge in [0.2, 0.25) is 12.1 Å². The van der Waals surface area contributed by atoms with Gasteiger partial charge in [-0.1, -0.05) is 11.6 Å². The van der Waals surface area contributed by atoms with Crippen LogP contribution in [0.15, 0.2) is 0 Å². The number of Topliss-reactive ketones (excluding diaryl/α,β-unsaturated/α-hetero) is 1. The van der Waals surface area contributed by atoms with Gasteiger partial charge in [0.1, 0.15) is 22.5 Å². The Hall–Kier alpha value is -2.90.